The van der Waals surface area contributed by atoms with Gasteiger partial charge < -0.3 is 31.9 Å². The third-order valence-corrected chi connectivity index (χ3v) is 1.95. The van der Waals surface area contributed by atoms with Crippen molar-refractivity contribution in [2.24, 2.45) is 0 Å². The average molecular weight is 228 g/mol. The fraction of sp³-hybridized carbons (Fsp3) is 0. The Balaban J connectivity index is 3.80. The van der Waals surface area contributed by atoms with Crippen LogP contribution in [0.4, 0.5) is 11.4 Å². The first-order chi connectivity index (χ1) is 7.29. The molecule has 0 aromatic heterocycles. The minimum absolute atomic E-state index is 0.746. The predicted molar refractivity (Wildman–Crippen MR) is 52.5 cm³/mol. The van der Waals surface area contributed by atoms with Crippen LogP contribution < -0.4 is 11.5 Å². The SMILES string of the molecule is Nc1c(O)c(C(=O)O)c(N)c(C(=O)O)c1O. The van der Waals surface area contributed by atoms with Crippen LogP contribution in [0, 0.1) is 0 Å². The number of rotatable bonds is 2. The van der Waals surface area contributed by atoms with Gasteiger partial charge in [0.15, 0.2) is 11.5 Å². The van der Waals surface area contributed by atoms with Crippen LogP contribution in [0.2, 0.25) is 0 Å². The number of aromatic hydroxyl groups is 2. The summed E-state index contributed by atoms with van der Waals surface area (Å²) in [7, 11) is 0. The van der Waals surface area contributed by atoms with Gasteiger partial charge in [0, 0.05) is 0 Å². The molecule has 1 aromatic rings. The van der Waals surface area contributed by atoms with E-state index in [-0.39, 0.29) is 0 Å². The Bertz CT molecular complexity index is 455. The molecule has 8 nitrogen and oxygen atoms in total. The zero-order valence-corrected chi connectivity index (χ0v) is 7.76. The molecule has 8 N–H and O–H groups in total. The molecule has 0 bridgehead atoms. The lowest BCUT2D eigenvalue weighted by Gasteiger charge is -2.12. The number of nitrogen functional groups attached to an aromatic ring is 2. The van der Waals surface area contributed by atoms with Crippen molar-refractivity contribution in [3.63, 3.8) is 0 Å². The van der Waals surface area contributed by atoms with Crippen LogP contribution >= 0.6 is 0 Å². The van der Waals surface area contributed by atoms with Gasteiger partial charge in [0.05, 0.1) is 5.69 Å². The highest BCUT2D eigenvalue weighted by Crippen LogP contribution is 2.41. The summed E-state index contributed by atoms with van der Waals surface area (Å²) in [6.45, 7) is 0. The standard InChI is InChI=1S/C8H8N2O6/c9-3-1(7(13)14)5(11)4(10)6(12)2(3)8(15)16/h11-12H,9-10H2,(H,13,14)(H,15,16). The van der Waals surface area contributed by atoms with E-state index in [1.165, 1.54) is 0 Å². The highest BCUT2D eigenvalue weighted by atomic mass is 16.4. The van der Waals surface area contributed by atoms with Crippen molar-refractivity contribution in [1.82, 2.24) is 0 Å². The lowest BCUT2D eigenvalue weighted by molar-refractivity contribution is 0.0693. The molecule has 0 heterocycles. The lowest BCUT2D eigenvalue weighted by Crippen LogP contribution is -2.11. The van der Waals surface area contributed by atoms with Gasteiger partial charge in [-0.3, -0.25) is 0 Å². The van der Waals surface area contributed by atoms with E-state index in [0.29, 0.717) is 0 Å². The van der Waals surface area contributed by atoms with Crippen molar-refractivity contribution in [2.45, 2.75) is 0 Å². The molecular formula is C8H8N2O6. The monoisotopic (exact) mass is 228 g/mol. The van der Waals surface area contributed by atoms with E-state index in [1.807, 2.05) is 0 Å². The van der Waals surface area contributed by atoms with Crippen LogP contribution in [0.1, 0.15) is 20.7 Å². The van der Waals surface area contributed by atoms with Gasteiger partial charge in [0.1, 0.15) is 16.8 Å². The smallest absolute Gasteiger partial charge is 0.341 e. The summed E-state index contributed by atoms with van der Waals surface area (Å²) in [5.74, 6) is -5.23. The second kappa shape index (κ2) is 3.50. The van der Waals surface area contributed by atoms with Crippen LogP contribution in [0.5, 0.6) is 11.5 Å². The van der Waals surface area contributed by atoms with Gasteiger partial charge in [-0.2, -0.15) is 0 Å². The van der Waals surface area contributed by atoms with Crippen molar-refractivity contribution in [3.8, 4) is 11.5 Å². The molecule has 0 aliphatic carbocycles. The fourth-order valence-electron chi connectivity index (χ4n) is 1.19. The zero-order valence-electron chi connectivity index (χ0n) is 7.76. The van der Waals surface area contributed by atoms with Crippen molar-refractivity contribution in [3.05, 3.63) is 11.1 Å². The van der Waals surface area contributed by atoms with Crippen molar-refractivity contribution in [1.29, 1.82) is 0 Å². The van der Waals surface area contributed by atoms with Crippen molar-refractivity contribution >= 4 is 23.3 Å². The summed E-state index contributed by atoms with van der Waals surface area (Å²) in [4.78, 5) is 21.4. The quantitative estimate of drug-likeness (QED) is 0.295. The molecule has 0 unspecified atom stereocenters. The third kappa shape index (κ3) is 1.41. The number of carboxylic acids is 2. The molecule has 0 aliphatic heterocycles. The molecule has 0 radical (unpaired) electrons. The van der Waals surface area contributed by atoms with Gasteiger partial charge in [-0.25, -0.2) is 9.59 Å². The Morgan fingerprint density at radius 1 is 0.812 bits per heavy atom. The van der Waals surface area contributed by atoms with E-state index in [1.54, 1.807) is 0 Å². The Morgan fingerprint density at radius 2 is 1.12 bits per heavy atom. The van der Waals surface area contributed by atoms with E-state index in [0.717, 1.165) is 0 Å². The number of hydrogen-bond donors (Lipinski definition) is 6. The first kappa shape index (κ1) is 11.4. The largest absolute Gasteiger partial charge is 0.505 e. The molecule has 0 amide bonds. The Morgan fingerprint density at radius 3 is 1.38 bits per heavy atom. The predicted octanol–water partition coefficient (Wildman–Crippen LogP) is -0.341. The number of aromatic carboxylic acids is 2. The summed E-state index contributed by atoms with van der Waals surface area (Å²) in [5, 5.41) is 36.0. The first-order valence-electron chi connectivity index (χ1n) is 3.88. The maximum atomic E-state index is 10.7. The minimum Gasteiger partial charge on any atom is -0.505 e. The lowest BCUT2D eigenvalue weighted by atomic mass is 10.0. The fourth-order valence-corrected chi connectivity index (χ4v) is 1.19. The summed E-state index contributed by atoms with van der Waals surface area (Å²) in [5.41, 5.74) is 7.15. The number of carboxylic acid groups (broad SMARTS) is 2. The maximum Gasteiger partial charge on any atom is 0.341 e. The molecule has 0 fully saturated rings. The zero-order chi connectivity index (χ0) is 12.6. The Labute approximate surface area is 88.3 Å². The molecule has 0 spiro atoms. The van der Waals surface area contributed by atoms with Crippen LogP contribution in [0.15, 0.2) is 0 Å². The Hall–Kier alpha value is -2.64. The highest BCUT2D eigenvalue weighted by molar-refractivity contribution is 6.09. The van der Waals surface area contributed by atoms with E-state index < -0.39 is 45.9 Å². The second-order valence-corrected chi connectivity index (χ2v) is 2.88. The molecule has 0 saturated carbocycles. The minimum atomic E-state index is -1.65. The first-order valence-corrected chi connectivity index (χ1v) is 3.88. The van der Waals surface area contributed by atoms with E-state index in [2.05, 4.69) is 0 Å². The molecule has 1 aromatic carbocycles. The summed E-state index contributed by atoms with van der Waals surface area (Å²) in [6, 6.07) is 0. The third-order valence-electron chi connectivity index (χ3n) is 1.95. The molecule has 0 atom stereocenters. The van der Waals surface area contributed by atoms with Gasteiger partial charge >= 0.3 is 11.9 Å². The van der Waals surface area contributed by atoms with Gasteiger partial charge in [0.2, 0.25) is 0 Å². The highest BCUT2D eigenvalue weighted by Gasteiger charge is 2.27. The number of anilines is 2. The summed E-state index contributed by atoms with van der Waals surface area (Å²) >= 11 is 0. The van der Waals surface area contributed by atoms with E-state index in [9.17, 15) is 19.8 Å². The molecule has 1 rings (SSSR count). The molecular weight excluding hydrogens is 220 g/mol. The Kier molecular flexibility index (Phi) is 2.50. The number of benzene rings is 1. The van der Waals surface area contributed by atoms with Gasteiger partial charge in [-0.05, 0) is 0 Å². The van der Waals surface area contributed by atoms with Crippen LogP contribution in [-0.2, 0) is 0 Å². The number of carbonyl (C=O) groups is 2. The number of phenols is 2. The molecule has 0 aliphatic rings. The topological polar surface area (TPSA) is 167 Å². The van der Waals surface area contributed by atoms with Crippen molar-refractivity contribution in [2.75, 3.05) is 11.5 Å². The van der Waals surface area contributed by atoms with Crippen LogP contribution in [-0.4, -0.2) is 32.4 Å². The van der Waals surface area contributed by atoms with Crippen molar-refractivity contribution < 1.29 is 30.0 Å². The van der Waals surface area contributed by atoms with E-state index >= 15 is 0 Å². The van der Waals surface area contributed by atoms with Crippen LogP contribution in [0.25, 0.3) is 0 Å². The molecule has 16 heavy (non-hydrogen) atoms. The average Bonchev–Trinajstić information content (AvgIpc) is 2.13. The van der Waals surface area contributed by atoms with Gasteiger partial charge in [-0.15, -0.1) is 0 Å². The number of nitrogens with two attached hydrogens (primary N) is 2. The molecule has 86 valence electrons. The van der Waals surface area contributed by atoms with Gasteiger partial charge in [-0.1, -0.05) is 0 Å². The van der Waals surface area contributed by atoms with E-state index in [4.69, 9.17) is 21.7 Å². The number of hydrogen-bond acceptors (Lipinski definition) is 6. The van der Waals surface area contributed by atoms with Gasteiger partial charge in [0.25, 0.3) is 0 Å². The summed E-state index contributed by atoms with van der Waals surface area (Å²) in [6.07, 6.45) is 0. The second-order valence-electron chi connectivity index (χ2n) is 2.88. The summed E-state index contributed by atoms with van der Waals surface area (Å²) < 4.78 is 0. The normalized spacial score (nSPS) is 10.0. The maximum absolute atomic E-state index is 10.7. The molecule has 0 saturated heterocycles. The van der Waals surface area contributed by atoms with Crippen LogP contribution in [0.3, 0.4) is 0 Å². The molecule has 8 heteroatoms.